The number of benzene rings is 3. The van der Waals surface area contributed by atoms with Crippen molar-refractivity contribution in [2.75, 3.05) is 54.6 Å². The van der Waals surface area contributed by atoms with Gasteiger partial charge in [0.15, 0.2) is 11.4 Å². The van der Waals surface area contributed by atoms with Crippen molar-refractivity contribution in [2.45, 2.75) is 138 Å². The standard InChI is InChI=1S/C54H63FN8O10S/c1-32(2)72-44-9-5-4-7-37(44)39-8-6-20-61(39)35-27-53(28-35)17-21-60(22-18-53)34-10-11-38(40(24-34)62-42-23-33-12-19-56-49(33)58-51(42)73-46-30-70-29-43(46)62)50(64)59-74(68,69)36-25-41(63(66)67)48-45(26-36)71-31-47(57-48)54(55)15-13-52(3,65)14-16-54/h4-5,7,9-12,19,23-26,32,35,39,43,46-47,57,65H,6,8,13-18,20-22,27-31H2,1-3H3,(H,56,58)(H,59,64)/t39-,43+,46+,47+,52?,54?/m0/s1. The second kappa shape index (κ2) is 18.3. The van der Waals surface area contributed by atoms with Gasteiger partial charge in [-0.2, -0.15) is 4.98 Å². The first kappa shape index (κ1) is 48.7. The molecule has 2 saturated carbocycles. The van der Waals surface area contributed by atoms with Crippen molar-refractivity contribution in [1.29, 1.82) is 0 Å². The van der Waals surface area contributed by atoms with Crippen LogP contribution in [0.15, 0.2) is 77.8 Å². The fourth-order valence-electron chi connectivity index (χ4n) is 12.9. The zero-order valence-electron chi connectivity index (χ0n) is 41.8. The van der Waals surface area contributed by atoms with E-state index in [1.165, 1.54) is 5.56 Å². The van der Waals surface area contributed by atoms with Crippen molar-refractivity contribution in [2.24, 2.45) is 5.41 Å². The number of halogens is 1. The minimum Gasteiger partial charge on any atom is -0.491 e. The van der Waals surface area contributed by atoms with Crippen LogP contribution in [0.5, 0.6) is 17.4 Å². The van der Waals surface area contributed by atoms with Gasteiger partial charge >= 0.3 is 0 Å². The highest BCUT2D eigenvalue weighted by molar-refractivity contribution is 7.90. The summed E-state index contributed by atoms with van der Waals surface area (Å²) in [6.07, 6.45) is 8.40. The van der Waals surface area contributed by atoms with Crippen LogP contribution in [-0.2, 0) is 14.8 Å². The summed E-state index contributed by atoms with van der Waals surface area (Å²) >= 11 is 0. The number of ether oxygens (including phenoxy) is 4. The number of H-pyrrole nitrogens is 1. The van der Waals surface area contributed by atoms with E-state index < -0.39 is 60.9 Å². The lowest BCUT2D eigenvalue weighted by Crippen LogP contribution is -2.55. The van der Waals surface area contributed by atoms with Gasteiger partial charge in [0.2, 0.25) is 5.88 Å². The Bertz CT molecular complexity index is 3130. The van der Waals surface area contributed by atoms with Gasteiger partial charge in [-0.1, -0.05) is 18.2 Å². The Morgan fingerprint density at radius 2 is 1.77 bits per heavy atom. The smallest absolute Gasteiger partial charge is 0.297 e. The molecule has 0 unspecified atom stereocenters. The zero-order chi connectivity index (χ0) is 51.3. The van der Waals surface area contributed by atoms with E-state index in [1.807, 2.05) is 29.2 Å². The summed E-state index contributed by atoms with van der Waals surface area (Å²) in [5.41, 5.74) is 0.353. The number of pyridine rings is 1. The number of likely N-dealkylation sites (tertiary alicyclic amines) is 1. The summed E-state index contributed by atoms with van der Waals surface area (Å²) in [5.74, 6) is 0.178. The molecule has 3 saturated heterocycles. The molecule has 2 aliphatic carbocycles. The monoisotopic (exact) mass is 1030 g/mol. The molecule has 0 radical (unpaired) electrons. The van der Waals surface area contributed by atoms with Crippen molar-refractivity contribution in [3.63, 3.8) is 0 Å². The number of hydrogen-bond donors (Lipinski definition) is 4. The summed E-state index contributed by atoms with van der Waals surface area (Å²) < 4.78 is 71.8. The fraction of sp³-hybridized carbons (Fsp3) is 0.519. The largest absolute Gasteiger partial charge is 0.491 e. The molecular formula is C54H63FN8O10S. The van der Waals surface area contributed by atoms with Crippen LogP contribution in [0.2, 0.25) is 0 Å². The molecule has 20 heteroatoms. The van der Waals surface area contributed by atoms with Gasteiger partial charge in [0.1, 0.15) is 35.5 Å². The van der Waals surface area contributed by atoms with Gasteiger partial charge in [-0.3, -0.25) is 19.8 Å². The Hall–Kier alpha value is -6.22. The minimum atomic E-state index is -4.80. The number of para-hydroxylation sites is 1. The molecule has 0 bridgehead atoms. The van der Waals surface area contributed by atoms with Crippen LogP contribution in [0.25, 0.3) is 11.0 Å². The van der Waals surface area contributed by atoms with Crippen LogP contribution < -0.4 is 34.0 Å². The number of hydrogen-bond acceptors (Lipinski definition) is 15. The van der Waals surface area contributed by atoms with Crippen LogP contribution in [0.1, 0.15) is 107 Å². The number of aromatic nitrogens is 2. The van der Waals surface area contributed by atoms with E-state index >= 15 is 4.39 Å². The van der Waals surface area contributed by atoms with Crippen LogP contribution in [0.4, 0.5) is 32.8 Å². The predicted molar refractivity (Wildman–Crippen MR) is 275 cm³/mol. The highest BCUT2D eigenvalue weighted by atomic mass is 32.2. The average Bonchev–Trinajstić information content (AvgIpc) is 4.16. The van der Waals surface area contributed by atoms with Crippen LogP contribution >= 0.6 is 0 Å². The average molecular weight is 1040 g/mol. The second-order valence-electron chi connectivity index (χ2n) is 22.3. The Morgan fingerprint density at radius 1 is 0.986 bits per heavy atom. The molecule has 392 valence electrons. The van der Waals surface area contributed by atoms with E-state index in [1.54, 1.807) is 19.2 Å². The molecule has 2 aromatic heterocycles. The van der Waals surface area contributed by atoms with E-state index in [0.29, 0.717) is 35.0 Å². The molecule has 1 spiro atoms. The Kier molecular flexibility index (Phi) is 12.0. The summed E-state index contributed by atoms with van der Waals surface area (Å²) in [5, 5.41) is 26.8. The third kappa shape index (κ3) is 8.73. The molecule has 12 rings (SSSR count). The van der Waals surface area contributed by atoms with E-state index in [9.17, 15) is 28.4 Å². The molecule has 4 atom stereocenters. The highest BCUT2D eigenvalue weighted by Gasteiger charge is 2.51. The maximum absolute atomic E-state index is 16.3. The molecule has 18 nitrogen and oxygen atoms in total. The lowest BCUT2D eigenvalue weighted by Gasteiger charge is -2.56. The number of sulfonamides is 1. The molecule has 3 aromatic carbocycles. The van der Waals surface area contributed by atoms with Crippen LogP contribution in [-0.4, -0.2) is 120 Å². The molecule has 74 heavy (non-hydrogen) atoms. The maximum Gasteiger partial charge on any atom is 0.297 e. The van der Waals surface area contributed by atoms with Crippen LogP contribution in [0, 0.1) is 15.5 Å². The Labute approximate surface area is 429 Å². The number of rotatable bonds is 11. The summed E-state index contributed by atoms with van der Waals surface area (Å²) in [6.45, 7) is 8.75. The lowest BCUT2D eigenvalue weighted by molar-refractivity contribution is -0.384. The SMILES string of the molecule is CC(C)Oc1ccccc1[C@@H]1CCCN1C1CC2(CCN(c3ccc(C(=O)NS(=O)(=O)c4cc5c(c([N+](=O)[O-])c4)N[C@@H](C4(F)CCC(C)(O)CC4)CO5)c(N4c5cc6cc[nH]c6nc5O[C@@H]5COC[C@H]54)c3)CC2)C1. The van der Waals surface area contributed by atoms with E-state index in [4.69, 9.17) is 23.9 Å². The van der Waals surface area contributed by atoms with Gasteiger partial charge in [-0.25, -0.2) is 17.5 Å². The molecule has 7 heterocycles. The molecular weight excluding hydrogens is 972 g/mol. The number of aromatic amines is 1. The molecule has 5 aliphatic heterocycles. The summed E-state index contributed by atoms with van der Waals surface area (Å²) in [4.78, 5) is 41.0. The first-order valence-corrected chi connectivity index (χ1v) is 27.6. The molecule has 5 fully saturated rings. The van der Waals surface area contributed by atoms with Crippen molar-refractivity contribution < 1.29 is 46.6 Å². The van der Waals surface area contributed by atoms with Gasteiger partial charge in [-0.15, -0.1) is 0 Å². The first-order valence-electron chi connectivity index (χ1n) is 26.1. The number of aliphatic hydroxyl groups is 1. The number of alkyl halides is 1. The minimum absolute atomic E-state index is 0.00779. The van der Waals surface area contributed by atoms with E-state index in [2.05, 4.69) is 62.9 Å². The first-order chi connectivity index (χ1) is 35.5. The van der Waals surface area contributed by atoms with E-state index in [0.717, 1.165) is 87.1 Å². The Morgan fingerprint density at radius 3 is 2.54 bits per heavy atom. The van der Waals surface area contributed by atoms with Crippen molar-refractivity contribution in [3.8, 4) is 17.4 Å². The van der Waals surface area contributed by atoms with Crippen molar-refractivity contribution in [1.82, 2.24) is 19.6 Å². The topological polar surface area (TPSA) is 214 Å². The van der Waals surface area contributed by atoms with Gasteiger partial charge in [0, 0.05) is 60.1 Å². The number of amides is 1. The third-order valence-corrected chi connectivity index (χ3v) is 18.4. The van der Waals surface area contributed by atoms with Gasteiger partial charge in [-0.05, 0) is 133 Å². The number of carbonyl (C=O) groups is 1. The Balaban J connectivity index is 0.821. The molecule has 7 aliphatic rings. The normalized spacial score (nSPS) is 27.6. The summed E-state index contributed by atoms with van der Waals surface area (Å²) in [7, 11) is -4.80. The highest BCUT2D eigenvalue weighted by Crippen LogP contribution is 2.55. The fourth-order valence-corrected chi connectivity index (χ4v) is 13.9. The lowest BCUT2D eigenvalue weighted by atomic mass is 9.60. The number of nitrogens with zero attached hydrogens (tertiary/aromatic N) is 5. The van der Waals surface area contributed by atoms with Gasteiger partial charge in [0.05, 0.1) is 58.1 Å². The third-order valence-electron chi connectivity index (χ3n) is 17.0. The van der Waals surface area contributed by atoms with Gasteiger partial charge < -0.3 is 44.2 Å². The predicted octanol–water partition coefficient (Wildman–Crippen LogP) is 8.47. The van der Waals surface area contributed by atoms with Gasteiger partial charge in [0.25, 0.3) is 21.6 Å². The summed E-state index contributed by atoms with van der Waals surface area (Å²) in [6, 6.07) is 19.1. The number of piperidine rings is 1. The van der Waals surface area contributed by atoms with Crippen LogP contribution in [0.3, 0.4) is 0 Å². The number of nitro benzene ring substituents is 1. The van der Waals surface area contributed by atoms with Crippen molar-refractivity contribution >= 4 is 55.4 Å². The number of nitrogens with one attached hydrogen (secondary N) is 3. The van der Waals surface area contributed by atoms with Crippen molar-refractivity contribution in [3.05, 3.63) is 94.2 Å². The molecule has 5 aromatic rings. The molecule has 1 amide bonds. The number of nitro groups is 1. The number of fused-ring (bicyclic) bond motifs is 4. The number of anilines is 4. The van der Waals surface area contributed by atoms with E-state index in [-0.39, 0.29) is 74.0 Å². The quantitative estimate of drug-likeness (QED) is 0.0722. The number of carbonyl (C=O) groups excluding carboxylic acids is 1. The second-order valence-corrected chi connectivity index (χ2v) is 23.9. The molecule has 4 N–H and O–H groups in total. The maximum atomic E-state index is 16.3. The zero-order valence-corrected chi connectivity index (χ0v) is 42.7.